The summed E-state index contributed by atoms with van der Waals surface area (Å²) in [7, 11) is 0. The number of benzene rings is 1. The monoisotopic (exact) mass is 336 g/mol. The molecule has 0 spiro atoms. The highest BCUT2D eigenvalue weighted by atomic mass is 16.5. The van der Waals surface area contributed by atoms with Crippen molar-refractivity contribution in [1.82, 2.24) is 9.97 Å². The number of nitrogens with one attached hydrogen (secondary N) is 2. The van der Waals surface area contributed by atoms with Crippen molar-refractivity contribution >= 4 is 29.3 Å². The van der Waals surface area contributed by atoms with E-state index in [4.69, 9.17) is 5.73 Å². The summed E-state index contributed by atoms with van der Waals surface area (Å²) in [4.78, 5) is 30.2. The molecular formula is C18H16N4O3. The van der Waals surface area contributed by atoms with E-state index in [2.05, 4.69) is 31.9 Å². The minimum Gasteiger partial charge on any atom is -0.437 e. The molecule has 7 nitrogen and oxygen atoms in total. The minimum absolute atomic E-state index is 0.114. The number of carbonyl (C=O) groups is 2. The Labute approximate surface area is 144 Å². The Morgan fingerprint density at radius 2 is 2.20 bits per heavy atom. The Morgan fingerprint density at radius 1 is 1.40 bits per heavy atom. The number of H-pyrrole nitrogens is 1. The van der Waals surface area contributed by atoms with Crippen LogP contribution in [-0.2, 0) is 9.53 Å². The summed E-state index contributed by atoms with van der Waals surface area (Å²) in [5.41, 5.74) is 9.99. The van der Waals surface area contributed by atoms with Crippen molar-refractivity contribution in [3.05, 3.63) is 46.5 Å². The minimum atomic E-state index is -0.879. The van der Waals surface area contributed by atoms with Gasteiger partial charge in [-0.15, -0.1) is 0 Å². The number of ether oxygens (including phenoxy) is 1. The van der Waals surface area contributed by atoms with Crippen molar-refractivity contribution < 1.29 is 14.3 Å². The van der Waals surface area contributed by atoms with Crippen LogP contribution in [0.2, 0.25) is 0 Å². The van der Waals surface area contributed by atoms with Crippen molar-refractivity contribution in [2.24, 2.45) is 5.73 Å². The fraction of sp³-hybridized carbons (Fsp3) is 0.167. The van der Waals surface area contributed by atoms with Gasteiger partial charge in [-0.1, -0.05) is 17.9 Å². The molecule has 2 aromatic rings. The maximum atomic E-state index is 12.4. The molecule has 2 amide bonds. The number of rotatable bonds is 2. The van der Waals surface area contributed by atoms with Crippen LogP contribution in [0.25, 0.3) is 11.6 Å². The Hall–Kier alpha value is -3.53. The van der Waals surface area contributed by atoms with Crippen LogP contribution >= 0.6 is 0 Å². The van der Waals surface area contributed by atoms with E-state index in [-0.39, 0.29) is 12.5 Å². The fourth-order valence-corrected chi connectivity index (χ4v) is 2.58. The second-order valence-corrected chi connectivity index (χ2v) is 5.51. The van der Waals surface area contributed by atoms with Crippen LogP contribution in [0, 0.1) is 25.7 Å². The van der Waals surface area contributed by atoms with E-state index < -0.39 is 6.09 Å². The van der Waals surface area contributed by atoms with E-state index in [0.717, 1.165) is 16.8 Å². The lowest BCUT2D eigenvalue weighted by Crippen LogP contribution is -2.12. The molecule has 0 aliphatic carbocycles. The Balaban J connectivity index is 2.07. The van der Waals surface area contributed by atoms with Gasteiger partial charge in [-0.3, -0.25) is 4.79 Å². The number of imidazole rings is 1. The third kappa shape index (κ3) is 3.23. The number of nitrogens with two attached hydrogens (primary N) is 1. The Morgan fingerprint density at radius 3 is 2.88 bits per heavy atom. The highest BCUT2D eigenvalue weighted by Gasteiger charge is 2.27. The average molecular weight is 336 g/mol. The number of hydrogen-bond acceptors (Lipinski definition) is 4. The van der Waals surface area contributed by atoms with Crippen LogP contribution in [0.3, 0.4) is 0 Å². The normalized spacial score (nSPS) is 13.8. The van der Waals surface area contributed by atoms with Gasteiger partial charge in [0.15, 0.2) is 6.61 Å². The number of nitrogens with zero attached hydrogens (tertiary/aromatic N) is 1. The quantitative estimate of drug-likeness (QED) is 0.575. The third-order valence-corrected chi connectivity index (χ3v) is 3.83. The molecule has 0 saturated carbocycles. The molecule has 1 aromatic heterocycles. The molecule has 0 bridgehead atoms. The first-order valence-corrected chi connectivity index (χ1v) is 7.55. The first-order chi connectivity index (χ1) is 12.0. The van der Waals surface area contributed by atoms with Crippen molar-refractivity contribution in [2.75, 3.05) is 11.9 Å². The molecule has 1 aliphatic rings. The largest absolute Gasteiger partial charge is 0.437 e. The number of amides is 2. The SMILES string of the molecule is Cc1ccc2c(c1C#CCOC(N)=O)/C(=C/c1nc[nH]c1C)C(=O)N2. The molecule has 25 heavy (non-hydrogen) atoms. The van der Waals surface area contributed by atoms with E-state index in [1.165, 1.54) is 0 Å². The standard InChI is InChI=1S/C18H16N4O3/c1-10-5-6-14-16(12(10)4-3-7-25-18(19)24)13(17(23)22-14)8-15-11(2)20-9-21-15/h5-6,8-9H,7H2,1-2H3,(H2,19,24)(H,20,21)(H,22,23)/b13-8-. The first-order valence-electron chi connectivity index (χ1n) is 7.55. The van der Waals surface area contributed by atoms with Gasteiger partial charge >= 0.3 is 6.09 Å². The van der Waals surface area contributed by atoms with Gasteiger partial charge in [0, 0.05) is 16.8 Å². The zero-order valence-electron chi connectivity index (χ0n) is 13.8. The third-order valence-electron chi connectivity index (χ3n) is 3.83. The van der Waals surface area contributed by atoms with Crippen LogP contribution in [0.5, 0.6) is 0 Å². The molecule has 1 aliphatic heterocycles. The summed E-state index contributed by atoms with van der Waals surface area (Å²) < 4.78 is 4.63. The number of aromatic amines is 1. The van der Waals surface area contributed by atoms with Gasteiger partial charge in [-0.2, -0.15) is 0 Å². The van der Waals surface area contributed by atoms with Gasteiger partial charge in [-0.25, -0.2) is 9.78 Å². The van der Waals surface area contributed by atoms with Crippen molar-refractivity contribution in [3.8, 4) is 11.8 Å². The summed E-state index contributed by atoms with van der Waals surface area (Å²) in [6.07, 6.45) is 2.43. The molecular weight excluding hydrogens is 320 g/mol. The number of fused-ring (bicyclic) bond motifs is 1. The topological polar surface area (TPSA) is 110 Å². The fourth-order valence-electron chi connectivity index (χ4n) is 2.58. The molecule has 7 heteroatoms. The first kappa shape index (κ1) is 16.3. The molecule has 0 radical (unpaired) electrons. The van der Waals surface area contributed by atoms with Gasteiger partial charge in [0.2, 0.25) is 0 Å². The lowest BCUT2D eigenvalue weighted by Gasteiger charge is -2.06. The van der Waals surface area contributed by atoms with E-state index in [1.807, 2.05) is 26.0 Å². The highest BCUT2D eigenvalue weighted by Crippen LogP contribution is 2.37. The van der Waals surface area contributed by atoms with Crippen LogP contribution < -0.4 is 11.1 Å². The summed E-state index contributed by atoms with van der Waals surface area (Å²) in [6.45, 7) is 3.67. The Bertz CT molecular complexity index is 960. The van der Waals surface area contributed by atoms with Crippen LogP contribution in [0.15, 0.2) is 18.5 Å². The molecule has 0 saturated heterocycles. The predicted molar refractivity (Wildman–Crippen MR) is 93.4 cm³/mol. The van der Waals surface area contributed by atoms with E-state index in [1.54, 1.807) is 12.4 Å². The molecule has 2 heterocycles. The van der Waals surface area contributed by atoms with Gasteiger partial charge in [0.05, 0.1) is 23.3 Å². The van der Waals surface area contributed by atoms with E-state index >= 15 is 0 Å². The molecule has 0 unspecified atom stereocenters. The molecule has 4 N–H and O–H groups in total. The smallest absolute Gasteiger partial charge is 0.405 e. The summed E-state index contributed by atoms with van der Waals surface area (Å²) in [6, 6.07) is 3.71. The number of aryl methyl sites for hydroxylation is 2. The zero-order chi connectivity index (χ0) is 18.0. The molecule has 1 aromatic carbocycles. The second kappa shape index (κ2) is 6.53. The summed E-state index contributed by atoms with van der Waals surface area (Å²) in [5, 5.41) is 2.84. The maximum absolute atomic E-state index is 12.4. The summed E-state index contributed by atoms with van der Waals surface area (Å²) >= 11 is 0. The van der Waals surface area contributed by atoms with Gasteiger partial charge in [-0.05, 0) is 31.6 Å². The highest BCUT2D eigenvalue weighted by molar-refractivity contribution is 6.35. The lowest BCUT2D eigenvalue weighted by molar-refractivity contribution is -0.110. The number of hydrogen-bond donors (Lipinski definition) is 3. The van der Waals surface area contributed by atoms with E-state index in [9.17, 15) is 9.59 Å². The van der Waals surface area contributed by atoms with Gasteiger partial charge < -0.3 is 20.8 Å². The van der Waals surface area contributed by atoms with E-state index in [0.29, 0.717) is 22.5 Å². The van der Waals surface area contributed by atoms with Crippen molar-refractivity contribution in [2.45, 2.75) is 13.8 Å². The second-order valence-electron chi connectivity index (χ2n) is 5.51. The van der Waals surface area contributed by atoms with Crippen molar-refractivity contribution in [3.63, 3.8) is 0 Å². The predicted octanol–water partition coefficient (Wildman–Crippen LogP) is 1.97. The number of carbonyl (C=O) groups excluding carboxylic acids is 2. The molecule has 3 rings (SSSR count). The average Bonchev–Trinajstić information content (AvgIpc) is 3.10. The number of primary amides is 1. The zero-order valence-corrected chi connectivity index (χ0v) is 13.8. The van der Waals surface area contributed by atoms with Gasteiger partial charge in [0.25, 0.3) is 5.91 Å². The van der Waals surface area contributed by atoms with Crippen molar-refractivity contribution in [1.29, 1.82) is 0 Å². The molecule has 0 fully saturated rings. The lowest BCUT2D eigenvalue weighted by atomic mass is 9.96. The van der Waals surface area contributed by atoms with Crippen LogP contribution in [0.4, 0.5) is 10.5 Å². The summed E-state index contributed by atoms with van der Waals surface area (Å²) in [5.74, 6) is 5.51. The molecule has 126 valence electrons. The van der Waals surface area contributed by atoms with Crippen LogP contribution in [-0.4, -0.2) is 28.6 Å². The number of aromatic nitrogens is 2. The Kier molecular flexibility index (Phi) is 4.27. The van der Waals surface area contributed by atoms with Crippen LogP contribution in [0.1, 0.15) is 28.1 Å². The molecule has 0 atom stereocenters. The van der Waals surface area contributed by atoms with Gasteiger partial charge in [0.1, 0.15) is 0 Å². The number of anilines is 1. The maximum Gasteiger partial charge on any atom is 0.405 e.